The zero-order valence-corrected chi connectivity index (χ0v) is 11.4. The molecule has 0 N–H and O–H groups in total. The lowest BCUT2D eigenvalue weighted by Crippen LogP contribution is -1.99. The Labute approximate surface area is 107 Å². The van der Waals surface area contributed by atoms with Crippen LogP contribution < -0.4 is 0 Å². The largest absolute Gasteiger partial charge is 0.218 e. The molecule has 0 amide bonds. The molecule has 1 heterocycles. The molecule has 1 aliphatic rings. The Balaban J connectivity index is 2.55. The van der Waals surface area contributed by atoms with E-state index < -0.39 is 9.84 Å². The smallest absolute Gasteiger partial charge is 0.208 e. The summed E-state index contributed by atoms with van der Waals surface area (Å²) in [6.45, 7) is 5.75. The van der Waals surface area contributed by atoms with E-state index in [2.05, 4.69) is 0 Å². The van der Waals surface area contributed by atoms with Crippen LogP contribution in [-0.4, -0.2) is 8.42 Å². The van der Waals surface area contributed by atoms with Crippen molar-refractivity contribution >= 4 is 9.84 Å². The predicted molar refractivity (Wildman–Crippen MR) is 71.5 cm³/mol. The SMILES string of the molecule is Cc1cc(C)c2c(c1)S(=O)(=O)c1c(C)cccc1-2. The van der Waals surface area contributed by atoms with Gasteiger partial charge in [0.15, 0.2) is 0 Å². The standard InChI is InChI=1S/C15H14O2S/c1-9-7-11(3)14-12-6-4-5-10(2)15(12)18(16,17)13(14)8-9/h4-8H,1-3H3. The second-order valence-corrected chi connectivity index (χ2v) is 6.76. The van der Waals surface area contributed by atoms with Crippen molar-refractivity contribution in [1.29, 1.82) is 0 Å². The maximum absolute atomic E-state index is 12.6. The summed E-state index contributed by atoms with van der Waals surface area (Å²) in [5, 5.41) is 0. The Bertz CT molecular complexity index is 771. The molecule has 0 spiro atoms. The predicted octanol–water partition coefficient (Wildman–Crippen LogP) is 3.43. The van der Waals surface area contributed by atoms with E-state index in [1.807, 2.05) is 45.0 Å². The number of hydrogen-bond acceptors (Lipinski definition) is 2. The third kappa shape index (κ3) is 1.31. The molecule has 0 bridgehead atoms. The fraction of sp³-hybridized carbons (Fsp3) is 0.200. The molecule has 0 radical (unpaired) electrons. The highest BCUT2D eigenvalue weighted by atomic mass is 32.2. The zero-order chi connectivity index (χ0) is 13.1. The van der Waals surface area contributed by atoms with E-state index in [1.165, 1.54) is 0 Å². The lowest BCUT2D eigenvalue weighted by Gasteiger charge is -2.05. The lowest BCUT2D eigenvalue weighted by atomic mass is 9.98. The Hall–Kier alpha value is -1.61. The molecule has 92 valence electrons. The summed E-state index contributed by atoms with van der Waals surface area (Å²) in [6.07, 6.45) is 0. The van der Waals surface area contributed by atoms with Crippen LogP contribution >= 0.6 is 0 Å². The van der Waals surface area contributed by atoms with Gasteiger partial charge in [0.1, 0.15) is 0 Å². The highest BCUT2D eigenvalue weighted by Crippen LogP contribution is 2.46. The van der Waals surface area contributed by atoms with Crippen molar-refractivity contribution in [1.82, 2.24) is 0 Å². The average Bonchev–Trinajstić information content (AvgIpc) is 2.49. The molecule has 0 atom stereocenters. The molecule has 0 saturated heterocycles. The number of hydrogen-bond donors (Lipinski definition) is 0. The average molecular weight is 258 g/mol. The topological polar surface area (TPSA) is 34.1 Å². The first kappa shape index (κ1) is 11.5. The van der Waals surface area contributed by atoms with Crippen LogP contribution in [0, 0.1) is 20.8 Å². The fourth-order valence-electron chi connectivity index (χ4n) is 2.80. The van der Waals surface area contributed by atoms with E-state index in [0.29, 0.717) is 9.79 Å². The number of aryl methyl sites for hydroxylation is 3. The monoisotopic (exact) mass is 258 g/mol. The molecule has 18 heavy (non-hydrogen) atoms. The summed E-state index contributed by atoms with van der Waals surface area (Å²) in [7, 11) is -3.34. The number of fused-ring (bicyclic) bond motifs is 3. The molecule has 2 aromatic carbocycles. The third-order valence-electron chi connectivity index (χ3n) is 3.48. The van der Waals surface area contributed by atoms with Crippen LogP contribution in [0.4, 0.5) is 0 Å². The normalized spacial score (nSPS) is 15.3. The van der Waals surface area contributed by atoms with Gasteiger partial charge in [-0.15, -0.1) is 0 Å². The van der Waals surface area contributed by atoms with Crippen LogP contribution in [0.25, 0.3) is 11.1 Å². The van der Waals surface area contributed by atoms with Gasteiger partial charge in [-0.3, -0.25) is 0 Å². The number of rotatable bonds is 0. The van der Waals surface area contributed by atoms with Gasteiger partial charge in [0.05, 0.1) is 9.79 Å². The van der Waals surface area contributed by atoms with E-state index >= 15 is 0 Å². The molecule has 0 fully saturated rings. The van der Waals surface area contributed by atoms with Crippen molar-refractivity contribution in [3.63, 3.8) is 0 Å². The van der Waals surface area contributed by atoms with Gasteiger partial charge in [-0.1, -0.05) is 24.3 Å². The molecular formula is C15H14O2S. The molecule has 0 unspecified atom stereocenters. The minimum absolute atomic E-state index is 0.462. The first-order chi connectivity index (χ1) is 8.43. The molecular weight excluding hydrogens is 244 g/mol. The maximum Gasteiger partial charge on any atom is 0.208 e. The molecule has 0 saturated carbocycles. The maximum atomic E-state index is 12.6. The van der Waals surface area contributed by atoms with Gasteiger partial charge in [-0.05, 0) is 43.5 Å². The summed E-state index contributed by atoms with van der Waals surface area (Å²) in [6, 6.07) is 9.47. The van der Waals surface area contributed by atoms with E-state index in [1.54, 1.807) is 6.07 Å². The van der Waals surface area contributed by atoms with Crippen molar-refractivity contribution in [2.24, 2.45) is 0 Å². The molecule has 3 heteroatoms. The van der Waals surface area contributed by atoms with Crippen molar-refractivity contribution in [3.05, 3.63) is 47.0 Å². The van der Waals surface area contributed by atoms with E-state index in [4.69, 9.17) is 0 Å². The summed E-state index contributed by atoms with van der Waals surface area (Å²) in [5.74, 6) is 0. The summed E-state index contributed by atoms with van der Waals surface area (Å²) in [4.78, 5) is 0.943. The molecule has 0 aromatic heterocycles. The zero-order valence-electron chi connectivity index (χ0n) is 10.6. The van der Waals surface area contributed by atoms with Crippen molar-refractivity contribution in [3.8, 4) is 11.1 Å². The molecule has 0 aliphatic carbocycles. The van der Waals surface area contributed by atoms with Gasteiger partial charge in [-0.25, -0.2) is 8.42 Å². The van der Waals surface area contributed by atoms with Gasteiger partial charge in [0.25, 0.3) is 0 Å². The van der Waals surface area contributed by atoms with Crippen molar-refractivity contribution in [2.75, 3.05) is 0 Å². The molecule has 3 rings (SSSR count). The first-order valence-electron chi connectivity index (χ1n) is 5.89. The summed E-state index contributed by atoms with van der Waals surface area (Å²) in [5.41, 5.74) is 4.56. The van der Waals surface area contributed by atoms with Crippen LogP contribution in [0.5, 0.6) is 0 Å². The minimum Gasteiger partial charge on any atom is -0.218 e. The molecule has 1 aliphatic heterocycles. The van der Waals surface area contributed by atoms with E-state index in [9.17, 15) is 8.42 Å². The van der Waals surface area contributed by atoms with Gasteiger partial charge in [-0.2, -0.15) is 0 Å². The Morgan fingerprint density at radius 1 is 0.944 bits per heavy atom. The van der Waals surface area contributed by atoms with Crippen LogP contribution in [0.2, 0.25) is 0 Å². The third-order valence-corrected chi connectivity index (χ3v) is 5.46. The van der Waals surface area contributed by atoms with Crippen LogP contribution in [0.15, 0.2) is 40.1 Å². The highest BCUT2D eigenvalue weighted by molar-refractivity contribution is 7.92. The van der Waals surface area contributed by atoms with Crippen LogP contribution in [0.1, 0.15) is 16.7 Å². The Morgan fingerprint density at radius 2 is 1.67 bits per heavy atom. The number of sulfone groups is 1. The molecule has 2 nitrogen and oxygen atoms in total. The Kier molecular flexibility index (Phi) is 2.20. The Morgan fingerprint density at radius 3 is 2.39 bits per heavy atom. The second-order valence-electron chi connectivity index (χ2n) is 4.91. The summed E-state index contributed by atoms with van der Waals surface area (Å²) >= 11 is 0. The fourth-order valence-corrected chi connectivity index (χ4v) is 4.85. The van der Waals surface area contributed by atoms with Gasteiger partial charge in [0.2, 0.25) is 9.84 Å². The van der Waals surface area contributed by atoms with Gasteiger partial charge < -0.3 is 0 Å². The summed E-state index contributed by atoms with van der Waals surface area (Å²) < 4.78 is 25.2. The van der Waals surface area contributed by atoms with Crippen LogP contribution in [-0.2, 0) is 9.84 Å². The highest BCUT2D eigenvalue weighted by Gasteiger charge is 2.35. The quantitative estimate of drug-likeness (QED) is 0.619. The van der Waals surface area contributed by atoms with Gasteiger partial charge >= 0.3 is 0 Å². The van der Waals surface area contributed by atoms with Crippen LogP contribution in [0.3, 0.4) is 0 Å². The van der Waals surface area contributed by atoms with E-state index in [-0.39, 0.29) is 0 Å². The van der Waals surface area contributed by atoms with Crippen molar-refractivity contribution in [2.45, 2.75) is 30.6 Å². The lowest BCUT2D eigenvalue weighted by molar-refractivity contribution is 0.598. The number of benzene rings is 2. The van der Waals surface area contributed by atoms with Gasteiger partial charge in [0, 0.05) is 11.1 Å². The molecule has 2 aromatic rings. The minimum atomic E-state index is -3.34. The van der Waals surface area contributed by atoms with E-state index in [0.717, 1.165) is 27.8 Å². The van der Waals surface area contributed by atoms with Crippen molar-refractivity contribution < 1.29 is 8.42 Å². The second kappa shape index (κ2) is 3.45. The first-order valence-corrected chi connectivity index (χ1v) is 7.37.